The van der Waals surface area contributed by atoms with Gasteiger partial charge in [-0.2, -0.15) is 0 Å². The van der Waals surface area contributed by atoms with Crippen molar-refractivity contribution < 1.29 is 0 Å². The van der Waals surface area contributed by atoms with Gasteiger partial charge in [-0.1, -0.05) is 18.5 Å². The van der Waals surface area contributed by atoms with Crippen molar-refractivity contribution in [2.45, 2.75) is 38.3 Å². The molecule has 2 heterocycles. The van der Waals surface area contributed by atoms with Crippen LogP contribution in [0.5, 0.6) is 0 Å². The summed E-state index contributed by atoms with van der Waals surface area (Å²) >= 11 is 9.86. The van der Waals surface area contributed by atoms with Gasteiger partial charge in [0, 0.05) is 34.7 Å². The number of fused-ring (bicyclic) bond motifs is 1. The van der Waals surface area contributed by atoms with E-state index in [4.69, 9.17) is 11.6 Å². The third-order valence-corrected chi connectivity index (χ3v) is 5.39. The Morgan fingerprint density at radius 2 is 2.21 bits per heavy atom. The summed E-state index contributed by atoms with van der Waals surface area (Å²) in [7, 11) is 0. The third kappa shape index (κ3) is 2.65. The minimum Gasteiger partial charge on any atom is -0.365 e. The zero-order chi connectivity index (χ0) is 13.4. The molecule has 2 aliphatic rings. The topological polar surface area (TPSA) is 6.48 Å². The van der Waals surface area contributed by atoms with E-state index in [1.807, 2.05) is 6.07 Å². The van der Waals surface area contributed by atoms with Crippen molar-refractivity contribution in [2.24, 2.45) is 0 Å². The fourth-order valence-corrected chi connectivity index (χ4v) is 4.08. The minimum absolute atomic E-state index is 0.601. The van der Waals surface area contributed by atoms with E-state index in [1.54, 1.807) is 0 Å². The number of hydrogen-bond donors (Lipinski definition) is 0. The summed E-state index contributed by atoms with van der Waals surface area (Å²) in [5, 5.41) is 0.821. The van der Waals surface area contributed by atoms with E-state index in [-0.39, 0.29) is 0 Å². The normalized spacial score (nSPS) is 27.6. The van der Waals surface area contributed by atoms with Crippen LogP contribution in [-0.2, 0) is 0 Å². The highest BCUT2D eigenvalue weighted by Gasteiger charge is 2.36. The third-order valence-electron chi connectivity index (χ3n) is 4.48. The van der Waals surface area contributed by atoms with Crippen LogP contribution in [0.25, 0.3) is 0 Å². The van der Waals surface area contributed by atoms with Gasteiger partial charge in [-0.3, -0.25) is 4.90 Å². The Hall–Kier alpha value is -0.250. The van der Waals surface area contributed by atoms with Crippen molar-refractivity contribution in [3.8, 4) is 0 Å². The molecule has 0 spiro atoms. The van der Waals surface area contributed by atoms with Crippen molar-refractivity contribution in [1.29, 1.82) is 0 Å². The lowest BCUT2D eigenvalue weighted by Gasteiger charge is -2.45. The average Bonchev–Trinajstić information content (AvgIpc) is 2.87. The fraction of sp³-hybridized carbons (Fsp3) is 0.600. The van der Waals surface area contributed by atoms with Gasteiger partial charge in [-0.05, 0) is 59.9 Å². The van der Waals surface area contributed by atoms with Gasteiger partial charge < -0.3 is 4.90 Å². The van der Waals surface area contributed by atoms with Crippen molar-refractivity contribution in [2.75, 3.05) is 24.5 Å². The Balaban J connectivity index is 1.90. The van der Waals surface area contributed by atoms with Gasteiger partial charge in [0.1, 0.15) is 0 Å². The molecule has 2 aliphatic heterocycles. The van der Waals surface area contributed by atoms with Crippen LogP contribution < -0.4 is 4.90 Å². The second kappa shape index (κ2) is 5.63. The van der Waals surface area contributed by atoms with E-state index in [0.717, 1.165) is 22.1 Å². The predicted molar refractivity (Wildman–Crippen MR) is 85.2 cm³/mol. The lowest BCUT2D eigenvalue weighted by molar-refractivity contribution is 0.194. The summed E-state index contributed by atoms with van der Waals surface area (Å²) in [5.74, 6) is 0. The molecule has 4 heteroatoms. The Bertz CT molecular complexity index is 465. The van der Waals surface area contributed by atoms with E-state index < -0.39 is 0 Å². The SMILES string of the molecule is CCC1CN2CCCC2CN1c1cc(Cl)ccc1Br. The number of rotatable bonds is 2. The van der Waals surface area contributed by atoms with Gasteiger partial charge in [0.25, 0.3) is 0 Å². The molecule has 2 nitrogen and oxygen atoms in total. The zero-order valence-electron chi connectivity index (χ0n) is 11.3. The maximum absolute atomic E-state index is 6.18. The molecule has 2 fully saturated rings. The maximum atomic E-state index is 6.18. The zero-order valence-corrected chi connectivity index (χ0v) is 13.6. The summed E-state index contributed by atoms with van der Waals surface area (Å²) in [5.41, 5.74) is 1.26. The Morgan fingerprint density at radius 1 is 1.37 bits per heavy atom. The molecule has 0 N–H and O–H groups in total. The molecule has 2 unspecified atom stereocenters. The van der Waals surface area contributed by atoms with Crippen LogP contribution in [0.2, 0.25) is 5.02 Å². The van der Waals surface area contributed by atoms with Crippen LogP contribution in [0.4, 0.5) is 5.69 Å². The summed E-state index contributed by atoms with van der Waals surface area (Å²) in [6.07, 6.45) is 3.87. The minimum atomic E-state index is 0.601. The van der Waals surface area contributed by atoms with Crippen molar-refractivity contribution in [3.05, 3.63) is 27.7 Å². The monoisotopic (exact) mass is 342 g/mol. The van der Waals surface area contributed by atoms with Gasteiger partial charge >= 0.3 is 0 Å². The molecule has 0 saturated carbocycles. The molecule has 0 amide bonds. The van der Waals surface area contributed by atoms with E-state index in [1.165, 1.54) is 38.0 Å². The fourth-order valence-electron chi connectivity index (χ4n) is 3.44. The van der Waals surface area contributed by atoms with Crippen LogP contribution in [0, 0.1) is 0 Å². The molecule has 0 aromatic heterocycles. The highest BCUT2D eigenvalue weighted by molar-refractivity contribution is 9.10. The molecule has 0 bridgehead atoms. The summed E-state index contributed by atoms with van der Waals surface area (Å²) in [6, 6.07) is 7.43. The van der Waals surface area contributed by atoms with Gasteiger partial charge in [0.15, 0.2) is 0 Å². The number of anilines is 1. The molecule has 19 heavy (non-hydrogen) atoms. The number of benzene rings is 1. The Morgan fingerprint density at radius 3 is 3.00 bits per heavy atom. The highest BCUT2D eigenvalue weighted by Crippen LogP contribution is 2.35. The van der Waals surface area contributed by atoms with E-state index in [2.05, 4.69) is 44.8 Å². The summed E-state index contributed by atoms with van der Waals surface area (Å²) in [6.45, 7) is 5.90. The molecule has 2 saturated heterocycles. The first-order valence-corrected chi connectivity index (χ1v) is 8.32. The maximum Gasteiger partial charge on any atom is 0.0529 e. The van der Waals surface area contributed by atoms with Crippen LogP contribution in [0.1, 0.15) is 26.2 Å². The van der Waals surface area contributed by atoms with Gasteiger partial charge in [0.05, 0.1) is 5.69 Å². The van der Waals surface area contributed by atoms with Crippen LogP contribution in [-0.4, -0.2) is 36.6 Å². The van der Waals surface area contributed by atoms with Crippen LogP contribution in [0.3, 0.4) is 0 Å². The Labute approximate surface area is 128 Å². The largest absolute Gasteiger partial charge is 0.365 e. The van der Waals surface area contributed by atoms with E-state index in [0.29, 0.717) is 6.04 Å². The lowest BCUT2D eigenvalue weighted by atomic mass is 10.0. The number of halogens is 2. The molecule has 3 rings (SSSR count). The molecule has 0 aliphatic carbocycles. The van der Waals surface area contributed by atoms with Crippen molar-refractivity contribution >= 4 is 33.2 Å². The van der Waals surface area contributed by atoms with Crippen molar-refractivity contribution in [1.82, 2.24) is 4.90 Å². The smallest absolute Gasteiger partial charge is 0.0529 e. The van der Waals surface area contributed by atoms with Gasteiger partial charge in [-0.15, -0.1) is 0 Å². The van der Waals surface area contributed by atoms with Crippen LogP contribution in [0.15, 0.2) is 22.7 Å². The van der Waals surface area contributed by atoms with E-state index in [9.17, 15) is 0 Å². The first kappa shape index (κ1) is 13.7. The molecular weight excluding hydrogens is 324 g/mol. The van der Waals surface area contributed by atoms with Gasteiger partial charge in [0.2, 0.25) is 0 Å². The highest BCUT2D eigenvalue weighted by atomic mass is 79.9. The molecule has 1 aromatic carbocycles. The average molecular weight is 344 g/mol. The lowest BCUT2D eigenvalue weighted by Crippen LogP contribution is -2.56. The molecule has 104 valence electrons. The molecule has 0 radical (unpaired) electrons. The summed E-state index contributed by atoms with van der Waals surface area (Å²) < 4.78 is 1.15. The van der Waals surface area contributed by atoms with E-state index >= 15 is 0 Å². The van der Waals surface area contributed by atoms with Crippen molar-refractivity contribution in [3.63, 3.8) is 0 Å². The molecular formula is C15H20BrClN2. The van der Waals surface area contributed by atoms with Gasteiger partial charge in [-0.25, -0.2) is 0 Å². The summed E-state index contributed by atoms with van der Waals surface area (Å²) in [4.78, 5) is 5.23. The predicted octanol–water partition coefficient (Wildman–Crippen LogP) is 4.17. The first-order chi connectivity index (χ1) is 9.19. The number of hydrogen-bond acceptors (Lipinski definition) is 2. The second-order valence-electron chi connectivity index (χ2n) is 5.60. The first-order valence-electron chi connectivity index (χ1n) is 7.14. The quantitative estimate of drug-likeness (QED) is 0.795. The number of piperazine rings is 1. The second-order valence-corrected chi connectivity index (χ2v) is 6.89. The number of nitrogens with zero attached hydrogens (tertiary/aromatic N) is 2. The van der Waals surface area contributed by atoms with Crippen LogP contribution >= 0.6 is 27.5 Å². The Kier molecular flexibility index (Phi) is 4.06. The standard InChI is InChI=1S/C15H20BrClN2/c1-2-12-9-18-7-3-4-13(18)10-19(12)15-8-11(17)5-6-14(15)16/h5-6,8,12-13H,2-4,7,9-10H2,1H3. The molecule has 2 atom stereocenters. The molecule has 1 aromatic rings.